The first-order valence-electron chi connectivity index (χ1n) is 4.44. The summed E-state index contributed by atoms with van der Waals surface area (Å²) in [6.07, 6.45) is 0.838. The van der Waals surface area contributed by atoms with Crippen molar-refractivity contribution >= 4 is 0 Å². The van der Waals surface area contributed by atoms with Crippen LogP contribution < -0.4 is 5.73 Å². The highest BCUT2D eigenvalue weighted by Crippen LogP contribution is 2.31. The average Bonchev–Trinajstić information content (AvgIpc) is 2.87. The lowest BCUT2D eigenvalue weighted by Gasteiger charge is -2.13. The standard InChI is InChI=1S/C10H13N3/c1-10(12-13-10)9(11)7-8-5-3-2-4-6-8/h2-6,9H,7,11H2,1H3. The summed E-state index contributed by atoms with van der Waals surface area (Å²) in [5, 5.41) is 7.86. The van der Waals surface area contributed by atoms with E-state index in [1.54, 1.807) is 0 Å². The smallest absolute Gasteiger partial charge is 0.203 e. The number of benzene rings is 1. The second kappa shape index (κ2) is 2.92. The minimum Gasteiger partial charge on any atom is -0.324 e. The van der Waals surface area contributed by atoms with Crippen molar-refractivity contribution in [3.63, 3.8) is 0 Å². The van der Waals surface area contributed by atoms with Crippen LogP contribution in [0.2, 0.25) is 0 Å². The maximum Gasteiger partial charge on any atom is 0.203 e. The monoisotopic (exact) mass is 175 g/mol. The molecular weight excluding hydrogens is 162 g/mol. The predicted molar refractivity (Wildman–Crippen MR) is 51.4 cm³/mol. The highest BCUT2D eigenvalue weighted by Gasteiger charge is 2.40. The van der Waals surface area contributed by atoms with Gasteiger partial charge in [-0.05, 0) is 18.9 Å². The molecule has 0 radical (unpaired) electrons. The van der Waals surface area contributed by atoms with Gasteiger partial charge in [-0.15, -0.1) is 0 Å². The summed E-state index contributed by atoms with van der Waals surface area (Å²) >= 11 is 0. The van der Waals surface area contributed by atoms with Crippen molar-refractivity contribution in [1.82, 2.24) is 0 Å². The third-order valence-corrected chi connectivity index (χ3v) is 2.42. The fraction of sp³-hybridized carbons (Fsp3) is 0.400. The van der Waals surface area contributed by atoms with E-state index in [1.807, 2.05) is 25.1 Å². The molecule has 1 aliphatic heterocycles. The Morgan fingerprint density at radius 3 is 2.46 bits per heavy atom. The van der Waals surface area contributed by atoms with E-state index in [-0.39, 0.29) is 11.7 Å². The maximum absolute atomic E-state index is 5.96. The second-order valence-electron chi connectivity index (χ2n) is 3.59. The summed E-state index contributed by atoms with van der Waals surface area (Å²) in [5.74, 6) is 0. The van der Waals surface area contributed by atoms with Gasteiger partial charge >= 0.3 is 0 Å². The van der Waals surface area contributed by atoms with E-state index in [1.165, 1.54) is 5.56 Å². The van der Waals surface area contributed by atoms with E-state index < -0.39 is 0 Å². The zero-order valence-corrected chi connectivity index (χ0v) is 7.64. The Balaban J connectivity index is 1.99. The molecule has 1 aliphatic rings. The Morgan fingerprint density at radius 2 is 1.92 bits per heavy atom. The Bertz CT molecular complexity index is 312. The SMILES string of the molecule is CC1(C(N)Cc2ccccc2)N=N1. The third-order valence-electron chi connectivity index (χ3n) is 2.42. The molecule has 1 aromatic rings. The van der Waals surface area contributed by atoms with E-state index >= 15 is 0 Å². The highest BCUT2D eigenvalue weighted by atomic mass is 15.4. The molecular formula is C10H13N3. The number of nitrogens with two attached hydrogens (primary N) is 1. The maximum atomic E-state index is 5.96. The van der Waals surface area contributed by atoms with E-state index in [4.69, 9.17) is 5.73 Å². The zero-order valence-electron chi connectivity index (χ0n) is 7.64. The normalized spacial score (nSPS) is 19.8. The Kier molecular flexibility index (Phi) is 1.88. The molecule has 1 heterocycles. The van der Waals surface area contributed by atoms with Gasteiger partial charge in [0.05, 0.1) is 6.04 Å². The van der Waals surface area contributed by atoms with Crippen molar-refractivity contribution < 1.29 is 0 Å². The van der Waals surface area contributed by atoms with Gasteiger partial charge in [-0.25, -0.2) is 0 Å². The fourth-order valence-corrected chi connectivity index (χ4v) is 1.29. The lowest BCUT2D eigenvalue weighted by molar-refractivity contribution is 0.503. The van der Waals surface area contributed by atoms with Crippen molar-refractivity contribution in [2.45, 2.75) is 25.0 Å². The summed E-state index contributed by atoms with van der Waals surface area (Å²) in [4.78, 5) is 0. The molecule has 68 valence electrons. The molecule has 0 saturated heterocycles. The number of nitrogens with zero attached hydrogens (tertiary/aromatic N) is 2. The Hall–Kier alpha value is -1.22. The van der Waals surface area contributed by atoms with Gasteiger partial charge < -0.3 is 5.73 Å². The Morgan fingerprint density at radius 1 is 1.31 bits per heavy atom. The van der Waals surface area contributed by atoms with Gasteiger partial charge in [-0.2, -0.15) is 10.2 Å². The van der Waals surface area contributed by atoms with Gasteiger partial charge in [0.25, 0.3) is 0 Å². The highest BCUT2D eigenvalue weighted by molar-refractivity contribution is 5.17. The van der Waals surface area contributed by atoms with E-state index in [9.17, 15) is 0 Å². The molecule has 1 aromatic carbocycles. The van der Waals surface area contributed by atoms with Crippen molar-refractivity contribution in [2.24, 2.45) is 16.0 Å². The summed E-state index contributed by atoms with van der Waals surface area (Å²) < 4.78 is 0. The predicted octanol–water partition coefficient (Wildman–Crippen LogP) is 1.74. The molecule has 2 N–H and O–H groups in total. The molecule has 1 unspecified atom stereocenters. The first-order valence-corrected chi connectivity index (χ1v) is 4.44. The molecule has 3 heteroatoms. The van der Waals surface area contributed by atoms with Crippen LogP contribution in [0.1, 0.15) is 12.5 Å². The second-order valence-corrected chi connectivity index (χ2v) is 3.59. The lowest BCUT2D eigenvalue weighted by atomic mass is 9.99. The van der Waals surface area contributed by atoms with Crippen molar-refractivity contribution in [2.75, 3.05) is 0 Å². The third kappa shape index (κ3) is 1.75. The van der Waals surface area contributed by atoms with Crippen LogP contribution in [0.4, 0.5) is 0 Å². The molecule has 1 atom stereocenters. The first-order chi connectivity index (χ1) is 6.21. The van der Waals surface area contributed by atoms with Crippen LogP contribution in [0.25, 0.3) is 0 Å². The van der Waals surface area contributed by atoms with Gasteiger partial charge in [0.1, 0.15) is 0 Å². The quantitative estimate of drug-likeness (QED) is 0.747. The number of hydrogen-bond donors (Lipinski definition) is 1. The van der Waals surface area contributed by atoms with Crippen LogP contribution in [0, 0.1) is 0 Å². The molecule has 13 heavy (non-hydrogen) atoms. The molecule has 0 spiro atoms. The molecule has 0 aromatic heterocycles. The lowest BCUT2D eigenvalue weighted by Crippen LogP contribution is -2.37. The van der Waals surface area contributed by atoms with Gasteiger partial charge in [-0.1, -0.05) is 30.3 Å². The van der Waals surface area contributed by atoms with Crippen molar-refractivity contribution in [3.8, 4) is 0 Å². The first kappa shape index (κ1) is 8.38. The van der Waals surface area contributed by atoms with Crippen LogP contribution in [0.3, 0.4) is 0 Å². The average molecular weight is 175 g/mol. The zero-order chi connectivity index (χ0) is 9.31. The van der Waals surface area contributed by atoms with E-state index in [2.05, 4.69) is 22.4 Å². The van der Waals surface area contributed by atoms with Crippen LogP contribution >= 0.6 is 0 Å². The summed E-state index contributed by atoms with van der Waals surface area (Å²) in [6, 6.07) is 10.2. The van der Waals surface area contributed by atoms with Crippen LogP contribution in [0.5, 0.6) is 0 Å². The molecule has 0 amide bonds. The summed E-state index contributed by atoms with van der Waals surface area (Å²) in [6.45, 7) is 1.96. The number of rotatable bonds is 3. The summed E-state index contributed by atoms with van der Waals surface area (Å²) in [5.41, 5.74) is 6.89. The van der Waals surface area contributed by atoms with Crippen LogP contribution in [0.15, 0.2) is 40.6 Å². The van der Waals surface area contributed by atoms with Crippen LogP contribution in [-0.4, -0.2) is 11.7 Å². The topological polar surface area (TPSA) is 50.7 Å². The fourth-order valence-electron chi connectivity index (χ4n) is 1.29. The number of hydrogen-bond acceptors (Lipinski definition) is 3. The largest absolute Gasteiger partial charge is 0.324 e. The van der Waals surface area contributed by atoms with Gasteiger partial charge in [-0.3, -0.25) is 0 Å². The van der Waals surface area contributed by atoms with Crippen molar-refractivity contribution in [1.29, 1.82) is 0 Å². The van der Waals surface area contributed by atoms with E-state index in [0.717, 1.165) is 6.42 Å². The van der Waals surface area contributed by atoms with Crippen molar-refractivity contribution in [3.05, 3.63) is 35.9 Å². The minimum atomic E-state index is -0.310. The van der Waals surface area contributed by atoms with Gasteiger partial charge in [0.15, 0.2) is 0 Å². The minimum absolute atomic E-state index is 0.00917. The van der Waals surface area contributed by atoms with Gasteiger partial charge in [0.2, 0.25) is 5.66 Å². The molecule has 2 rings (SSSR count). The van der Waals surface area contributed by atoms with E-state index in [0.29, 0.717) is 0 Å². The summed E-state index contributed by atoms with van der Waals surface area (Å²) in [7, 11) is 0. The molecule has 0 bridgehead atoms. The molecule has 0 saturated carbocycles. The van der Waals surface area contributed by atoms with Crippen LogP contribution in [-0.2, 0) is 6.42 Å². The Labute approximate surface area is 77.7 Å². The molecule has 3 nitrogen and oxygen atoms in total. The van der Waals surface area contributed by atoms with Gasteiger partial charge in [0, 0.05) is 0 Å². The molecule has 0 aliphatic carbocycles. The molecule has 0 fully saturated rings.